The van der Waals surface area contributed by atoms with E-state index < -0.39 is 37.5 Å². The van der Waals surface area contributed by atoms with Crippen molar-refractivity contribution >= 4 is 7.60 Å². The molecule has 1 aliphatic heterocycles. The van der Waals surface area contributed by atoms with E-state index in [1.807, 2.05) is 0 Å². The maximum Gasteiger partial charge on any atom is 0.350 e. The molecule has 0 spiro atoms. The first-order valence-electron chi connectivity index (χ1n) is 5.86. The Balaban J connectivity index is 2.06. The number of aromatic nitrogens is 2. The second kappa shape index (κ2) is 5.63. The lowest BCUT2D eigenvalue weighted by Gasteiger charge is -2.13. The zero-order chi connectivity index (χ0) is 14.9. The van der Waals surface area contributed by atoms with E-state index in [1.165, 1.54) is 10.8 Å². The van der Waals surface area contributed by atoms with Gasteiger partial charge in [-0.3, -0.25) is 18.9 Å². The molecular weight excluding hydrogens is 291 g/mol. The third-order valence-electron chi connectivity index (χ3n) is 2.87. The largest absolute Gasteiger partial charge is 0.363 e. The molecule has 0 saturated carbocycles. The summed E-state index contributed by atoms with van der Waals surface area (Å²) in [7, 11) is -4.23. The lowest BCUT2D eigenvalue weighted by atomic mass is 10.3. The van der Waals surface area contributed by atoms with Crippen LogP contribution in [-0.2, 0) is 14.0 Å². The molecule has 0 bridgehead atoms. The molecule has 0 unspecified atom stereocenters. The molecule has 20 heavy (non-hydrogen) atoms. The van der Waals surface area contributed by atoms with Crippen LogP contribution in [0.2, 0.25) is 0 Å². The zero-order valence-electron chi connectivity index (χ0n) is 10.7. The Kier molecular flexibility index (Phi) is 4.26. The fourth-order valence-electron chi connectivity index (χ4n) is 1.89. The van der Waals surface area contributed by atoms with Gasteiger partial charge in [-0.15, -0.1) is 0 Å². The fourth-order valence-corrected chi connectivity index (χ4v) is 2.30. The third-order valence-corrected chi connectivity index (χ3v) is 3.36. The van der Waals surface area contributed by atoms with Gasteiger partial charge in [0.2, 0.25) is 0 Å². The zero-order valence-corrected chi connectivity index (χ0v) is 11.6. The summed E-state index contributed by atoms with van der Waals surface area (Å²) in [4.78, 5) is 42.5. The molecule has 1 aromatic heterocycles. The molecule has 0 radical (unpaired) electrons. The maximum absolute atomic E-state index is 11.7. The minimum absolute atomic E-state index is 0.120. The van der Waals surface area contributed by atoms with Crippen LogP contribution in [0.1, 0.15) is 18.2 Å². The Morgan fingerprint density at radius 2 is 2.25 bits per heavy atom. The summed E-state index contributed by atoms with van der Waals surface area (Å²) >= 11 is 0. The van der Waals surface area contributed by atoms with E-state index in [0.29, 0.717) is 5.56 Å². The Morgan fingerprint density at radius 3 is 2.90 bits per heavy atom. The predicted molar refractivity (Wildman–Crippen MR) is 67.4 cm³/mol. The Hall–Kier alpha value is -1.25. The molecule has 0 amide bonds. The van der Waals surface area contributed by atoms with Crippen LogP contribution in [0.25, 0.3) is 0 Å². The number of aromatic amines is 1. The smallest absolute Gasteiger partial charge is 0.350 e. The maximum atomic E-state index is 11.7. The normalized spacial score (nSPS) is 23.1. The monoisotopic (exact) mass is 306 g/mol. The first-order valence-corrected chi connectivity index (χ1v) is 7.66. The van der Waals surface area contributed by atoms with Gasteiger partial charge in [0.05, 0.1) is 12.7 Å². The predicted octanol–water partition coefficient (Wildman–Crippen LogP) is -0.716. The number of ether oxygens (including phenoxy) is 2. The minimum Gasteiger partial charge on any atom is -0.363 e. The second-order valence-electron chi connectivity index (χ2n) is 4.58. The van der Waals surface area contributed by atoms with Crippen molar-refractivity contribution in [2.24, 2.45) is 0 Å². The summed E-state index contributed by atoms with van der Waals surface area (Å²) in [5, 5.41) is 0. The van der Waals surface area contributed by atoms with E-state index >= 15 is 0 Å². The lowest BCUT2D eigenvalue weighted by molar-refractivity contribution is 0.0324. The summed E-state index contributed by atoms with van der Waals surface area (Å²) in [6.07, 6.45) is -0.165. The molecule has 0 aromatic carbocycles. The van der Waals surface area contributed by atoms with E-state index in [-0.39, 0.29) is 13.0 Å². The summed E-state index contributed by atoms with van der Waals surface area (Å²) in [6, 6.07) is 0. The van der Waals surface area contributed by atoms with E-state index in [4.69, 9.17) is 19.3 Å². The van der Waals surface area contributed by atoms with Crippen molar-refractivity contribution in [3.63, 3.8) is 0 Å². The van der Waals surface area contributed by atoms with Crippen LogP contribution < -0.4 is 11.2 Å². The van der Waals surface area contributed by atoms with Gasteiger partial charge in [0.25, 0.3) is 5.56 Å². The first kappa shape index (κ1) is 15.1. The summed E-state index contributed by atoms with van der Waals surface area (Å²) in [6.45, 7) is 1.68. The van der Waals surface area contributed by atoms with Crippen molar-refractivity contribution < 1.29 is 23.8 Å². The van der Waals surface area contributed by atoms with Crippen LogP contribution in [-0.4, -0.2) is 38.4 Å². The molecule has 112 valence electrons. The van der Waals surface area contributed by atoms with Crippen LogP contribution in [0.15, 0.2) is 15.8 Å². The van der Waals surface area contributed by atoms with Gasteiger partial charge in [-0.25, -0.2) is 4.79 Å². The molecule has 1 saturated heterocycles. The van der Waals surface area contributed by atoms with Crippen LogP contribution in [0, 0.1) is 6.92 Å². The molecule has 1 fully saturated rings. The van der Waals surface area contributed by atoms with Gasteiger partial charge in [0.1, 0.15) is 12.6 Å². The van der Waals surface area contributed by atoms with E-state index in [1.54, 1.807) is 6.92 Å². The van der Waals surface area contributed by atoms with Crippen molar-refractivity contribution in [2.45, 2.75) is 25.7 Å². The standard InChI is InChI=1S/C10H15N2O7P/c1-6-3-12(10(14)11-9(6)13)8-2-7(4-18-8)19-5-20(15,16)17/h3,7-8H,2,4-5H2,1H3,(H,11,13,14)(H2,15,16,17)/t7-,8+/m0/s1. The number of nitrogens with zero attached hydrogens (tertiary/aromatic N) is 1. The van der Waals surface area contributed by atoms with Gasteiger partial charge < -0.3 is 19.3 Å². The number of H-pyrrole nitrogens is 1. The van der Waals surface area contributed by atoms with Gasteiger partial charge in [0, 0.05) is 18.2 Å². The van der Waals surface area contributed by atoms with E-state index in [0.717, 1.165) is 0 Å². The molecule has 10 heteroatoms. The van der Waals surface area contributed by atoms with Crippen LogP contribution in [0.5, 0.6) is 0 Å². The van der Waals surface area contributed by atoms with Gasteiger partial charge in [-0.05, 0) is 6.92 Å². The molecule has 9 nitrogen and oxygen atoms in total. The number of aryl methyl sites for hydroxylation is 1. The number of hydrogen-bond donors (Lipinski definition) is 3. The molecule has 1 aromatic rings. The van der Waals surface area contributed by atoms with Crippen LogP contribution in [0.3, 0.4) is 0 Å². The van der Waals surface area contributed by atoms with E-state index in [9.17, 15) is 14.2 Å². The minimum atomic E-state index is -4.23. The quantitative estimate of drug-likeness (QED) is 0.626. The van der Waals surface area contributed by atoms with E-state index in [2.05, 4.69) is 4.98 Å². The number of nitrogens with one attached hydrogen (secondary N) is 1. The SMILES string of the molecule is Cc1cn([C@H]2C[C@H](OCP(=O)(O)O)CO2)c(=O)[nH]c1=O. The van der Waals surface area contributed by atoms with Crippen molar-refractivity contribution in [1.29, 1.82) is 0 Å². The average Bonchev–Trinajstić information content (AvgIpc) is 2.79. The van der Waals surface area contributed by atoms with Crippen LogP contribution >= 0.6 is 7.60 Å². The summed E-state index contributed by atoms with van der Waals surface area (Å²) in [5.74, 6) is 0. The van der Waals surface area contributed by atoms with Gasteiger partial charge in [-0.1, -0.05) is 0 Å². The number of hydrogen-bond acceptors (Lipinski definition) is 5. The highest BCUT2D eigenvalue weighted by molar-refractivity contribution is 7.51. The highest BCUT2D eigenvalue weighted by atomic mass is 31.2. The topological polar surface area (TPSA) is 131 Å². The number of rotatable bonds is 4. The van der Waals surface area contributed by atoms with Crippen molar-refractivity contribution in [2.75, 3.05) is 13.0 Å². The Bertz CT molecular complexity index is 646. The van der Waals surface area contributed by atoms with Crippen molar-refractivity contribution in [1.82, 2.24) is 9.55 Å². The van der Waals surface area contributed by atoms with Crippen molar-refractivity contribution in [3.8, 4) is 0 Å². The molecule has 2 heterocycles. The second-order valence-corrected chi connectivity index (χ2v) is 6.17. The van der Waals surface area contributed by atoms with Crippen LogP contribution in [0.4, 0.5) is 0 Å². The van der Waals surface area contributed by atoms with Gasteiger partial charge >= 0.3 is 13.3 Å². The van der Waals surface area contributed by atoms with Crippen molar-refractivity contribution in [3.05, 3.63) is 32.6 Å². The molecule has 0 aliphatic carbocycles. The molecule has 2 atom stereocenters. The Labute approximate surface area is 113 Å². The van der Waals surface area contributed by atoms with Gasteiger partial charge in [0.15, 0.2) is 0 Å². The molecule has 2 rings (SSSR count). The highest BCUT2D eigenvalue weighted by Crippen LogP contribution is 2.36. The fraction of sp³-hybridized carbons (Fsp3) is 0.600. The summed E-state index contributed by atoms with van der Waals surface area (Å²) in [5.41, 5.74) is -0.687. The first-order chi connectivity index (χ1) is 9.26. The third kappa shape index (κ3) is 3.65. The molecule has 3 N–H and O–H groups in total. The highest BCUT2D eigenvalue weighted by Gasteiger charge is 2.30. The molecular formula is C10H15N2O7P. The molecule has 1 aliphatic rings. The Morgan fingerprint density at radius 1 is 1.55 bits per heavy atom. The average molecular weight is 306 g/mol. The lowest BCUT2D eigenvalue weighted by Crippen LogP contribution is -2.33. The van der Waals surface area contributed by atoms with Gasteiger partial charge in [-0.2, -0.15) is 0 Å². The summed E-state index contributed by atoms with van der Waals surface area (Å²) < 4.78 is 22.3.